The summed E-state index contributed by atoms with van der Waals surface area (Å²) in [6.07, 6.45) is 1.29. The Morgan fingerprint density at radius 3 is 2.62 bits per heavy atom. The second-order valence-corrected chi connectivity index (χ2v) is 3.74. The molecule has 13 heavy (non-hydrogen) atoms. The molecule has 0 radical (unpaired) electrons. The second-order valence-electron chi connectivity index (χ2n) is 3.17. The van der Waals surface area contributed by atoms with Gasteiger partial charge in [-0.3, -0.25) is 0 Å². The molecule has 0 saturated carbocycles. The predicted octanol–water partition coefficient (Wildman–Crippen LogP) is -1.23. The van der Waals surface area contributed by atoms with E-state index in [9.17, 15) is 0 Å². The van der Waals surface area contributed by atoms with Crippen LogP contribution in [0, 0.1) is 0 Å². The van der Waals surface area contributed by atoms with Crippen LogP contribution in [0.2, 0.25) is 0 Å². The summed E-state index contributed by atoms with van der Waals surface area (Å²) in [7, 11) is -0.428. The summed E-state index contributed by atoms with van der Waals surface area (Å²) in [5.74, 6) is 0. The molecule has 6 heteroatoms. The van der Waals surface area contributed by atoms with Gasteiger partial charge in [0, 0.05) is 12.6 Å². The quantitative estimate of drug-likeness (QED) is 0.437. The highest BCUT2D eigenvalue weighted by Crippen LogP contribution is 1.98. The van der Waals surface area contributed by atoms with Gasteiger partial charge in [0.2, 0.25) is 0 Å². The molecule has 1 aliphatic heterocycles. The van der Waals surface area contributed by atoms with Crippen LogP contribution in [0.1, 0.15) is 13.3 Å². The first-order valence-corrected chi connectivity index (χ1v) is 5.58. The summed E-state index contributed by atoms with van der Waals surface area (Å²) in [4.78, 5) is 2.40. The van der Waals surface area contributed by atoms with Gasteiger partial charge in [-0.2, -0.15) is 0 Å². The molecule has 1 heterocycles. The number of nitrogens with zero attached hydrogens (tertiary/aromatic N) is 1. The molecule has 0 amide bonds. The smallest absolute Gasteiger partial charge is 0.198 e. The summed E-state index contributed by atoms with van der Waals surface area (Å²) in [6, 6.07) is 0.715. The third-order valence-electron chi connectivity index (χ3n) is 2.06. The Morgan fingerprint density at radius 2 is 2.08 bits per heavy atom. The topological polar surface area (TPSA) is 75.4 Å². The minimum Gasteiger partial charge on any atom is -0.315 e. The molecule has 0 bridgehead atoms. The first-order valence-electron chi connectivity index (χ1n) is 4.34. The highest BCUT2D eigenvalue weighted by atomic mass is 32.2. The second kappa shape index (κ2) is 7.25. The molecule has 3 N–H and O–H groups in total. The molecule has 0 aromatic rings. The monoisotopic (exact) mass is 209 g/mol. The summed E-state index contributed by atoms with van der Waals surface area (Å²) < 4.78 is 17.6. The Morgan fingerprint density at radius 1 is 1.54 bits per heavy atom. The van der Waals surface area contributed by atoms with Gasteiger partial charge in [0.05, 0.1) is 0 Å². The van der Waals surface area contributed by atoms with Gasteiger partial charge in [0.15, 0.2) is 10.9 Å². The van der Waals surface area contributed by atoms with Gasteiger partial charge in [0.25, 0.3) is 0 Å². The van der Waals surface area contributed by atoms with Crippen LogP contribution in [0.15, 0.2) is 0 Å². The Bertz CT molecular complexity index is 178. The van der Waals surface area contributed by atoms with Crippen LogP contribution in [0.5, 0.6) is 0 Å². The van der Waals surface area contributed by atoms with Gasteiger partial charge in [-0.05, 0) is 33.5 Å². The van der Waals surface area contributed by atoms with Crippen molar-refractivity contribution in [3.8, 4) is 0 Å². The molecule has 0 aromatic heterocycles. The molecule has 1 saturated heterocycles. The van der Waals surface area contributed by atoms with E-state index >= 15 is 0 Å². The van der Waals surface area contributed by atoms with Gasteiger partial charge in [0.1, 0.15) is 0 Å². The van der Waals surface area contributed by atoms with Crippen LogP contribution < -0.4 is 10.5 Å². The summed E-state index contributed by atoms with van der Waals surface area (Å²) >= 11 is 0. The maximum Gasteiger partial charge on any atom is 0.198 e. The summed E-state index contributed by atoms with van der Waals surface area (Å²) in [6.45, 7) is 5.84. The maximum absolute atomic E-state index is 8.81. The lowest BCUT2D eigenvalue weighted by Crippen LogP contribution is -2.33. The lowest BCUT2D eigenvalue weighted by Gasteiger charge is -2.20. The molecule has 1 fully saturated rings. The van der Waals surface area contributed by atoms with E-state index in [2.05, 4.69) is 29.3 Å². The zero-order chi connectivity index (χ0) is 10.3. The van der Waals surface area contributed by atoms with Crippen LogP contribution >= 0.6 is 0 Å². The highest BCUT2D eigenvalue weighted by Gasteiger charge is 2.10. The largest absolute Gasteiger partial charge is 0.315 e. The fourth-order valence-corrected chi connectivity index (χ4v) is 1.14. The van der Waals surface area contributed by atoms with Crippen molar-refractivity contribution in [2.45, 2.75) is 19.4 Å². The van der Waals surface area contributed by atoms with Crippen LogP contribution in [0.3, 0.4) is 0 Å². The third kappa shape index (κ3) is 8.17. The number of rotatable bonds is 0. The predicted molar refractivity (Wildman–Crippen MR) is 54.1 cm³/mol. The van der Waals surface area contributed by atoms with Crippen LogP contribution in [-0.4, -0.2) is 46.0 Å². The Kier molecular flexibility index (Phi) is 7.16. The molecule has 1 rings (SSSR count). The number of nitrogens with one attached hydrogen (secondary N) is 1. The van der Waals surface area contributed by atoms with E-state index in [1.54, 1.807) is 0 Å². The van der Waals surface area contributed by atoms with E-state index < -0.39 is 10.9 Å². The molecular weight excluding hydrogens is 190 g/mol. The first kappa shape index (κ1) is 12.8. The van der Waals surface area contributed by atoms with Gasteiger partial charge in [-0.25, -0.2) is 13.6 Å². The average molecular weight is 209 g/mol. The lowest BCUT2D eigenvalue weighted by atomic mass is 10.3. The number of hydrogen-bond donors (Lipinski definition) is 3. The molecule has 80 valence electrons. The molecule has 5 nitrogen and oxygen atoms in total. The molecule has 1 aliphatic rings. The van der Waals surface area contributed by atoms with Crippen molar-refractivity contribution in [3.05, 3.63) is 0 Å². The van der Waals surface area contributed by atoms with Gasteiger partial charge in [-0.1, -0.05) is 0 Å². The highest BCUT2D eigenvalue weighted by molar-refractivity contribution is 7.69. The van der Waals surface area contributed by atoms with Crippen molar-refractivity contribution in [1.29, 1.82) is 0 Å². The fraction of sp³-hybridized carbons (Fsp3) is 1.00. The van der Waals surface area contributed by atoms with Crippen molar-refractivity contribution >= 4 is 10.9 Å². The molecule has 1 atom stereocenters. The zero-order valence-electron chi connectivity index (χ0n) is 8.19. The first-order chi connectivity index (χ1) is 6.04. The Labute approximate surface area is 81.4 Å². The molecule has 0 aliphatic carbocycles. The maximum atomic E-state index is 8.81. The van der Waals surface area contributed by atoms with Crippen molar-refractivity contribution < 1.29 is 8.42 Å². The van der Waals surface area contributed by atoms with Crippen molar-refractivity contribution in [3.63, 3.8) is 0 Å². The van der Waals surface area contributed by atoms with E-state index in [4.69, 9.17) is 8.42 Å². The SMILES string of the molecule is CC1CNCCCN1C.N[SH](=O)=O. The standard InChI is InChI=1S/C7H16N2.H3NO2S/c1-7-6-8-4-3-5-9(7)2;1-4(2)3/h7-8H,3-6H2,1-2H3;4H,(H2,1,2,3). The van der Waals surface area contributed by atoms with E-state index in [1.165, 1.54) is 19.5 Å². The average Bonchev–Trinajstić information content (AvgIpc) is 2.16. The van der Waals surface area contributed by atoms with Crippen molar-refractivity contribution in [1.82, 2.24) is 10.2 Å². The van der Waals surface area contributed by atoms with E-state index in [-0.39, 0.29) is 0 Å². The minimum atomic E-state index is -2.62. The molecule has 1 unspecified atom stereocenters. The van der Waals surface area contributed by atoms with E-state index in [0.29, 0.717) is 6.04 Å². The number of thiol groups is 1. The Balaban J connectivity index is 0.000000310. The lowest BCUT2D eigenvalue weighted by molar-refractivity contribution is 0.275. The molecular formula is C7H19N3O2S. The number of hydrogen-bond acceptors (Lipinski definition) is 4. The van der Waals surface area contributed by atoms with Gasteiger partial charge in [-0.15, -0.1) is 0 Å². The van der Waals surface area contributed by atoms with Crippen molar-refractivity contribution in [2.24, 2.45) is 5.14 Å². The number of likely N-dealkylation sites (N-methyl/N-ethyl adjacent to an activating group) is 1. The Hall–Kier alpha value is -0.170. The summed E-state index contributed by atoms with van der Waals surface area (Å²) in [5.41, 5.74) is 0. The van der Waals surface area contributed by atoms with Crippen molar-refractivity contribution in [2.75, 3.05) is 26.7 Å². The van der Waals surface area contributed by atoms with Crippen LogP contribution in [0.25, 0.3) is 0 Å². The van der Waals surface area contributed by atoms with E-state index in [0.717, 1.165) is 6.54 Å². The molecule has 0 aromatic carbocycles. The van der Waals surface area contributed by atoms with Gasteiger partial charge >= 0.3 is 0 Å². The zero-order valence-corrected chi connectivity index (χ0v) is 9.09. The fourth-order valence-electron chi connectivity index (χ4n) is 1.14. The minimum absolute atomic E-state index is 0.715. The van der Waals surface area contributed by atoms with Crippen LogP contribution in [-0.2, 0) is 10.9 Å². The molecule has 0 spiro atoms. The third-order valence-corrected chi connectivity index (χ3v) is 2.06. The normalized spacial score (nSPS) is 24.8. The van der Waals surface area contributed by atoms with E-state index in [1.807, 2.05) is 0 Å². The van der Waals surface area contributed by atoms with Gasteiger partial charge < -0.3 is 10.2 Å². The van der Waals surface area contributed by atoms with Crippen LogP contribution in [0.4, 0.5) is 0 Å². The number of nitrogens with two attached hydrogens (primary N) is 1. The summed E-state index contributed by atoms with van der Waals surface area (Å²) in [5, 5.41) is 7.45.